The number of aliphatic hydroxyl groups is 2. The second-order valence-corrected chi connectivity index (χ2v) is 5.85. The van der Waals surface area contributed by atoms with E-state index in [1.165, 1.54) is 5.69 Å². The maximum Gasteiger partial charge on any atom is 0.0692 e. The van der Waals surface area contributed by atoms with Gasteiger partial charge < -0.3 is 15.1 Å². The van der Waals surface area contributed by atoms with Crippen molar-refractivity contribution in [3.8, 4) is 0 Å². The summed E-state index contributed by atoms with van der Waals surface area (Å²) in [7, 11) is 0. The molecule has 2 N–H and O–H groups in total. The Morgan fingerprint density at radius 1 is 1.39 bits per heavy atom. The summed E-state index contributed by atoms with van der Waals surface area (Å²) in [6.45, 7) is 3.92. The SMILES string of the molecule is CC(O)C1CCN(c2ccc(CO)c(Br)c2)CC1. The molecular formula is C14H20BrNO2. The van der Waals surface area contributed by atoms with Crippen LogP contribution in [0, 0.1) is 5.92 Å². The fourth-order valence-corrected chi connectivity index (χ4v) is 2.99. The van der Waals surface area contributed by atoms with Gasteiger partial charge in [-0.25, -0.2) is 0 Å². The average Bonchev–Trinajstić information content (AvgIpc) is 2.38. The smallest absolute Gasteiger partial charge is 0.0692 e. The van der Waals surface area contributed by atoms with Crippen molar-refractivity contribution in [1.82, 2.24) is 0 Å². The van der Waals surface area contributed by atoms with Crippen LogP contribution in [0.1, 0.15) is 25.3 Å². The summed E-state index contributed by atoms with van der Waals surface area (Å²) < 4.78 is 0.958. The van der Waals surface area contributed by atoms with Gasteiger partial charge in [-0.1, -0.05) is 22.0 Å². The van der Waals surface area contributed by atoms with Gasteiger partial charge in [0.1, 0.15) is 0 Å². The van der Waals surface area contributed by atoms with Crippen LogP contribution in [0.3, 0.4) is 0 Å². The van der Waals surface area contributed by atoms with E-state index in [0.717, 1.165) is 36.0 Å². The summed E-state index contributed by atoms with van der Waals surface area (Å²) in [6, 6.07) is 6.08. The Bertz CT molecular complexity index is 401. The molecule has 1 aromatic rings. The first-order chi connectivity index (χ1) is 8.61. The molecule has 0 aliphatic carbocycles. The lowest BCUT2D eigenvalue weighted by atomic mass is 9.92. The molecule has 1 unspecified atom stereocenters. The Kier molecular flexibility index (Phi) is 4.65. The van der Waals surface area contributed by atoms with Gasteiger partial charge in [0.25, 0.3) is 0 Å². The maximum atomic E-state index is 9.59. The minimum Gasteiger partial charge on any atom is -0.393 e. The lowest BCUT2D eigenvalue weighted by Crippen LogP contribution is -2.37. The third-order valence-corrected chi connectivity index (χ3v) is 4.53. The second-order valence-electron chi connectivity index (χ2n) is 5.00. The highest BCUT2D eigenvalue weighted by atomic mass is 79.9. The third kappa shape index (κ3) is 3.05. The molecule has 0 amide bonds. The molecule has 1 aliphatic rings. The molecule has 100 valence electrons. The molecule has 0 bridgehead atoms. The topological polar surface area (TPSA) is 43.7 Å². The van der Waals surface area contributed by atoms with E-state index in [1.54, 1.807) is 0 Å². The van der Waals surface area contributed by atoms with E-state index in [-0.39, 0.29) is 12.7 Å². The van der Waals surface area contributed by atoms with Crippen LogP contribution in [0.25, 0.3) is 0 Å². The van der Waals surface area contributed by atoms with E-state index in [9.17, 15) is 5.11 Å². The molecule has 0 spiro atoms. The molecule has 18 heavy (non-hydrogen) atoms. The highest BCUT2D eigenvalue weighted by Crippen LogP contribution is 2.28. The Balaban J connectivity index is 2.03. The number of benzene rings is 1. The molecule has 1 aromatic carbocycles. The lowest BCUT2D eigenvalue weighted by molar-refractivity contribution is 0.110. The molecule has 4 heteroatoms. The third-order valence-electron chi connectivity index (χ3n) is 3.79. The quantitative estimate of drug-likeness (QED) is 0.901. The molecule has 0 radical (unpaired) electrons. The number of rotatable bonds is 3. The number of aliphatic hydroxyl groups excluding tert-OH is 2. The van der Waals surface area contributed by atoms with Crippen LogP contribution < -0.4 is 4.90 Å². The number of halogens is 1. The van der Waals surface area contributed by atoms with E-state index in [1.807, 2.05) is 13.0 Å². The molecule has 1 atom stereocenters. The minimum atomic E-state index is -0.198. The standard InChI is InChI=1S/C14H20BrNO2/c1-10(18)11-4-6-16(7-5-11)13-3-2-12(9-17)14(15)8-13/h2-3,8,10-11,17-18H,4-7,9H2,1H3. The van der Waals surface area contributed by atoms with Crippen LogP contribution in [-0.2, 0) is 6.61 Å². The van der Waals surface area contributed by atoms with Gasteiger partial charge in [-0.2, -0.15) is 0 Å². The molecule has 1 saturated heterocycles. The predicted molar refractivity (Wildman–Crippen MR) is 76.7 cm³/mol. The molecule has 1 aliphatic heterocycles. The largest absolute Gasteiger partial charge is 0.393 e. The van der Waals surface area contributed by atoms with Crippen LogP contribution >= 0.6 is 15.9 Å². The van der Waals surface area contributed by atoms with Gasteiger partial charge in [0.2, 0.25) is 0 Å². The Hall–Kier alpha value is -0.580. The number of hydrogen-bond donors (Lipinski definition) is 2. The van der Waals surface area contributed by atoms with Crippen molar-refractivity contribution >= 4 is 21.6 Å². The summed E-state index contributed by atoms with van der Waals surface area (Å²) in [6.07, 6.45) is 1.88. The minimum absolute atomic E-state index is 0.0605. The van der Waals surface area contributed by atoms with Crippen LogP contribution in [0.4, 0.5) is 5.69 Å². The van der Waals surface area contributed by atoms with Crippen molar-refractivity contribution in [2.24, 2.45) is 5.92 Å². The van der Waals surface area contributed by atoms with Crippen LogP contribution in [0.15, 0.2) is 22.7 Å². The normalized spacial score (nSPS) is 19.0. The van der Waals surface area contributed by atoms with Crippen LogP contribution in [0.2, 0.25) is 0 Å². The van der Waals surface area contributed by atoms with E-state index < -0.39 is 0 Å². The number of nitrogens with zero attached hydrogens (tertiary/aromatic N) is 1. The first-order valence-corrected chi connectivity index (χ1v) is 7.23. The number of anilines is 1. The molecule has 2 rings (SSSR count). The first-order valence-electron chi connectivity index (χ1n) is 6.44. The summed E-state index contributed by atoms with van der Waals surface area (Å²) >= 11 is 3.48. The second kappa shape index (κ2) is 6.04. The summed E-state index contributed by atoms with van der Waals surface area (Å²) in [5.41, 5.74) is 2.10. The highest BCUT2D eigenvalue weighted by Gasteiger charge is 2.22. The number of hydrogen-bond acceptors (Lipinski definition) is 3. The molecule has 1 fully saturated rings. The van der Waals surface area contributed by atoms with E-state index in [0.29, 0.717) is 5.92 Å². The van der Waals surface area contributed by atoms with Crippen molar-refractivity contribution in [2.75, 3.05) is 18.0 Å². The van der Waals surface area contributed by atoms with Gasteiger partial charge in [0.15, 0.2) is 0 Å². The number of piperidine rings is 1. The lowest BCUT2D eigenvalue weighted by Gasteiger charge is -2.35. The van der Waals surface area contributed by atoms with Crippen molar-refractivity contribution in [3.05, 3.63) is 28.2 Å². The molecular weight excluding hydrogens is 294 g/mol. The summed E-state index contributed by atoms with van der Waals surface area (Å²) in [4.78, 5) is 2.34. The fourth-order valence-electron chi connectivity index (χ4n) is 2.50. The zero-order valence-electron chi connectivity index (χ0n) is 10.6. The van der Waals surface area contributed by atoms with Gasteiger partial charge in [-0.3, -0.25) is 0 Å². The van der Waals surface area contributed by atoms with E-state index in [4.69, 9.17) is 5.11 Å². The predicted octanol–water partition coefficient (Wildman–Crippen LogP) is 2.54. The molecule has 3 nitrogen and oxygen atoms in total. The van der Waals surface area contributed by atoms with E-state index >= 15 is 0 Å². The summed E-state index contributed by atoms with van der Waals surface area (Å²) in [5.74, 6) is 0.432. The van der Waals surface area contributed by atoms with Crippen molar-refractivity contribution in [1.29, 1.82) is 0 Å². The molecule has 0 saturated carbocycles. The van der Waals surface area contributed by atoms with Gasteiger partial charge >= 0.3 is 0 Å². The van der Waals surface area contributed by atoms with Crippen molar-refractivity contribution in [3.63, 3.8) is 0 Å². The fraction of sp³-hybridized carbons (Fsp3) is 0.571. The highest BCUT2D eigenvalue weighted by molar-refractivity contribution is 9.10. The van der Waals surface area contributed by atoms with Gasteiger partial charge in [-0.05, 0) is 43.4 Å². The zero-order valence-corrected chi connectivity index (χ0v) is 12.2. The van der Waals surface area contributed by atoms with Crippen molar-refractivity contribution in [2.45, 2.75) is 32.5 Å². The Morgan fingerprint density at radius 3 is 2.56 bits per heavy atom. The zero-order chi connectivity index (χ0) is 13.1. The van der Waals surface area contributed by atoms with Crippen molar-refractivity contribution < 1.29 is 10.2 Å². The average molecular weight is 314 g/mol. The van der Waals surface area contributed by atoms with Crippen LogP contribution in [0.5, 0.6) is 0 Å². The Labute approximate surface area is 117 Å². The molecule has 0 aromatic heterocycles. The maximum absolute atomic E-state index is 9.59. The Morgan fingerprint density at radius 2 is 2.06 bits per heavy atom. The van der Waals surface area contributed by atoms with Gasteiger partial charge in [0, 0.05) is 23.2 Å². The summed E-state index contributed by atoms with van der Waals surface area (Å²) in [5, 5.41) is 18.7. The van der Waals surface area contributed by atoms with E-state index in [2.05, 4.69) is 33.0 Å². The van der Waals surface area contributed by atoms with Gasteiger partial charge in [-0.15, -0.1) is 0 Å². The monoisotopic (exact) mass is 313 g/mol. The molecule has 1 heterocycles. The first kappa shape index (κ1) is 13.8. The van der Waals surface area contributed by atoms with Gasteiger partial charge in [0.05, 0.1) is 12.7 Å². The van der Waals surface area contributed by atoms with Crippen LogP contribution in [-0.4, -0.2) is 29.4 Å².